The molecule has 0 aliphatic rings. The largest absolute Gasteiger partial charge is 0.496 e. The Morgan fingerprint density at radius 1 is 1.11 bits per heavy atom. The highest BCUT2D eigenvalue weighted by molar-refractivity contribution is 7.89. The van der Waals surface area contributed by atoms with Crippen LogP contribution in [0, 0.1) is 6.92 Å². The van der Waals surface area contributed by atoms with E-state index in [1.165, 1.54) is 26.4 Å². The summed E-state index contributed by atoms with van der Waals surface area (Å²) < 4.78 is 38.0. The van der Waals surface area contributed by atoms with Crippen molar-refractivity contribution >= 4 is 27.6 Å². The predicted octanol–water partition coefficient (Wildman–Crippen LogP) is 1.46. The fourth-order valence-electron chi connectivity index (χ4n) is 2.30. The molecule has 0 aromatic heterocycles. The van der Waals surface area contributed by atoms with Gasteiger partial charge < -0.3 is 19.5 Å². The summed E-state index contributed by atoms with van der Waals surface area (Å²) >= 11 is 0. The van der Waals surface area contributed by atoms with E-state index in [1.807, 2.05) is 0 Å². The van der Waals surface area contributed by atoms with E-state index < -0.39 is 21.9 Å². The van der Waals surface area contributed by atoms with Crippen LogP contribution in [0.2, 0.25) is 0 Å². The highest BCUT2D eigenvalue weighted by Crippen LogP contribution is 2.26. The molecule has 2 aromatic carbocycles. The maximum absolute atomic E-state index is 12.6. The zero-order valence-corrected chi connectivity index (χ0v) is 16.3. The normalized spacial score (nSPS) is 10.9. The molecule has 9 nitrogen and oxygen atoms in total. The number of carbonyl (C=O) groups excluding carboxylic acids is 2. The number of sulfonamides is 1. The highest BCUT2D eigenvalue weighted by atomic mass is 32.2. The lowest BCUT2D eigenvalue weighted by Crippen LogP contribution is -2.17. The van der Waals surface area contributed by atoms with Crippen molar-refractivity contribution < 1.29 is 32.2 Å². The quantitative estimate of drug-likeness (QED) is 0.662. The van der Waals surface area contributed by atoms with Gasteiger partial charge in [-0.05, 0) is 48.9 Å². The van der Waals surface area contributed by atoms with E-state index in [0.717, 1.165) is 6.07 Å². The van der Waals surface area contributed by atoms with Crippen molar-refractivity contribution in [3.8, 4) is 11.5 Å². The number of rotatable bonds is 7. The molecule has 0 saturated carbocycles. The van der Waals surface area contributed by atoms with Gasteiger partial charge in [-0.1, -0.05) is 0 Å². The van der Waals surface area contributed by atoms with E-state index in [2.05, 4.69) is 10.1 Å². The number of carbonyl (C=O) groups is 2. The topological polar surface area (TPSA) is 134 Å². The summed E-state index contributed by atoms with van der Waals surface area (Å²) in [7, 11) is -1.35. The molecule has 2 aromatic rings. The molecule has 0 atom stereocenters. The second kappa shape index (κ2) is 8.72. The summed E-state index contributed by atoms with van der Waals surface area (Å²) in [6, 6.07) is 8.55. The van der Waals surface area contributed by atoms with Crippen LogP contribution in [-0.4, -0.2) is 41.1 Å². The zero-order chi connectivity index (χ0) is 20.9. The lowest BCUT2D eigenvalue weighted by molar-refractivity contribution is -0.142. The van der Waals surface area contributed by atoms with E-state index in [0.29, 0.717) is 17.0 Å². The Morgan fingerprint density at radius 2 is 1.82 bits per heavy atom. The molecule has 0 saturated heterocycles. The van der Waals surface area contributed by atoms with E-state index in [-0.39, 0.29) is 22.8 Å². The van der Waals surface area contributed by atoms with Gasteiger partial charge in [0.1, 0.15) is 11.5 Å². The number of amides is 1. The van der Waals surface area contributed by atoms with Gasteiger partial charge in [0.15, 0.2) is 6.61 Å². The molecule has 3 N–H and O–H groups in total. The number of hydrogen-bond acceptors (Lipinski definition) is 7. The van der Waals surface area contributed by atoms with Crippen molar-refractivity contribution in [2.75, 3.05) is 26.1 Å². The third kappa shape index (κ3) is 5.21. The Morgan fingerprint density at radius 3 is 2.39 bits per heavy atom. The van der Waals surface area contributed by atoms with Crippen LogP contribution in [0.5, 0.6) is 11.5 Å². The number of nitrogens with two attached hydrogens (primary N) is 1. The molecule has 0 heterocycles. The predicted molar refractivity (Wildman–Crippen MR) is 101 cm³/mol. The first-order chi connectivity index (χ1) is 13.2. The molecule has 0 spiro atoms. The molecule has 0 radical (unpaired) electrons. The van der Waals surface area contributed by atoms with Crippen LogP contribution in [0.3, 0.4) is 0 Å². The molecule has 10 heteroatoms. The minimum absolute atomic E-state index is 0.0134. The third-order valence-corrected chi connectivity index (χ3v) is 4.69. The summed E-state index contributed by atoms with van der Waals surface area (Å²) in [6.45, 7) is 1.50. The SMILES string of the molecule is COC(=O)COc1ccc(NC(=O)c2cc(S(N)(=O)=O)ccc2OC)c(C)c1. The van der Waals surface area contributed by atoms with Crippen LogP contribution in [0.25, 0.3) is 0 Å². The molecule has 1 amide bonds. The first kappa shape index (κ1) is 21.2. The minimum atomic E-state index is -3.98. The van der Waals surface area contributed by atoms with Crippen LogP contribution in [-0.2, 0) is 19.6 Å². The Balaban J connectivity index is 2.24. The van der Waals surface area contributed by atoms with Gasteiger partial charge in [0, 0.05) is 5.69 Å². The highest BCUT2D eigenvalue weighted by Gasteiger charge is 2.18. The summed E-state index contributed by atoms with van der Waals surface area (Å²) in [4.78, 5) is 23.6. The van der Waals surface area contributed by atoms with Gasteiger partial charge in [0.25, 0.3) is 5.91 Å². The summed E-state index contributed by atoms with van der Waals surface area (Å²) in [5.74, 6) is -0.471. The Labute approximate surface area is 162 Å². The maximum atomic E-state index is 12.6. The monoisotopic (exact) mass is 408 g/mol. The Hall–Kier alpha value is -3.11. The van der Waals surface area contributed by atoms with Gasteiger partial charge in [-0.3, -0.25) is 4.79 Å². The number of nitrogens with one attached hydrogen (secondary N) is 1. The maximum Gasteiger partial charge on any atom is 0.343 e. The van der Waals surface area contributed by atoms with Crippen LogP contribution in [0.15, 0.2) is 41.3 Å². The first-order valence-electron chi connectivity index (χ1n) is 7.98. The van der Waals surface area contributed by atoms with Gasteiger partial charge in [0.2, 0.25) is 10.0 Å². The number of primary sulfonamides is 1. The van der Waals surface area contributed by atoms with Gasteiger partial charge in [-0.25, -0.2) is 18.4 Å². The average molecular weight is 408 g/mol. The molecule has 0 unspecified atom stereocenters. The van der Waals surface area contributed by atoms with Crippen molar-refractivity contribution in [1.82, 2.24) is 0 Å². The lowest BCUT2D eigenvalue weighted by atomic mass is 10.1. The van der Waals surface area contributed by atoms with Crippen LogP contribution >= 0.6 is 0 Å². The number of anilines is 1. The third-order valence-electron chi connectivity index (χ3n) is 3.77. The van der Waals surface area contributed by atoms with E-state index in [9.17, 15) is 18.0 Å². The number of ether oxygens (including phenoxy) is 3. The second-order valence-electron chi connectivity index (χ2n) is 5.70. The van der Waals surface area contributed by atoms with Crippen molar-refractivity contribution in [3.63, 3.8) is 0 Å². The van der Waals surface area contributed by atoms with Gasteiger partial charge in [-0.15, -0.1) is 0 Å². The molecule has 0 aliphatic heterocycles. The molecule has 2 rings (SSSR count). The van der Waals surface area contributed by atoms with Crippen LogP contribution in [0.4, 0.5) is 5.69 Å². The number of esters is 1. The van der Waals surface area contributed by atoms with Crippen LogP contribution < -0.4 is 19.9 Å². The Kier molecular flexibility index (Phi) is 6.60. The molecular weight excluding hydrogens is 388 g/mol. The van der Waals surface area contributed by atoms with E-state index >= 15 is 0 Å². The van der Waals surface area contributed by atoms with Gasteiger partial charge in [0.05, 0.1) is 24.7 Å². The second-order valence-corrected chi connectivity index (χ2v) is 7.26. The van der Waals surface area contributed by atoms with E-state index in [4.69, 9.17) is 14.6 Å². The summed E-state index contributed by atoms with van der Waals surface area (Å²) in [6.07, 6.45) is 0. The van der Waals surface area contributed by atoms with Gasteiger partial charge in [-0.2, -0.15) is 0 Å². The number of benzene rings is 2. The number of hydrogen-bond donors (Lipinski definition) is 2. The number of methoxy groups -OCH3 is 2. The number of aryl methyl sites for hydroxylation is 1. The molecule has 0 fully saturated rings. The Bertz CT molecular complexity index is 1000. The standard InChI is InChI=1S/C18H20N2O7S/c1-11-8-12(27-10-17(21)26-3)4-6-15(11)20-18(22)14-9-13(28(19,23)24)5-7-16(14)25-2/h4-9H,10H2,1-3H3,(H,20,22)(H2,19,23,24). The molecular formula is C18H20N2O7S. The zero-order valence-electron chi connectivity index (χ0n) is 15.5. The summed E-state index contributed by atoms with van der Waals surface area (Å²) in [5, 5.41) is 7.80. The molecule has 0 bridgehead atoms. The summed E-state index contributed by atoms with van der Waals surface area (Å²) in [5.41, 5.74) is 1.15. The fourth-order valence-corrected chi connectivity index (χ4v) is 2.84. The lowest BCUT2D eigenvalue weighted by Gasteiger charge is -2.13. The fraction of sp³-hybridized carbons (Fsp3) is 0.222. The molecule has 0 aliphatic carbocycles. The molecule has 150 valence electrons. The van der Waals surface area contributed by atoms with E-state index in [1.54, 1.807) is 25.1 Å². The van der Waals surface area contributed by atoms with Crippen molar-refractivity contribution in [2.24, 2.45) is 5.14 Å². The van der Waals surface area contributed by atoms with Crippen molar-refractivity contribution in [2.45, 2.75) is 11.8 Å². The minimum Gasteiger partial charge on any atom is -0.496 e. The van der Waals surface area contributed by atoms with Crippen molar-refractivity contribution in [3.05, 3.63) is 47.5 Å². The smallest absolute Gasteiger partial charge is 0.343 e. The van der Waals surface area contributed by atoms with Gasteiger partial charge >= 0.3 is 5.97 Å². The first-order valence-corrected chi connectivity index (χ1v) is 9.52. The average Bonchev–Trinajstić information content (AvgIpc) is 2.66. The van der Waals surface area contributed by atoms with Crippen LogP contribution in [0.1, 0.15) is 15.9 Å². The van der Waals surface area contributed by atoms with Crippen molar-refractivity contribution in [1.29, 1.82) is 0 Å². The molecule has 28 heavy (non-hydrogen) atoms.